The summed E-state index contributed by atoms with van der Waals surface area (Å²) in [6.45, 7) is 6.73. The van der Waals surface area contributed by atoms with Crippen molar-refractivity contribution in [3.05, 3.63) is 48.4 Å². The average Bonchev–Trinajstić information content (AvgIpc) is 2.70. The monoisotopic (exact) mass is 421 g/mol. The summed E-state index contributed by atoms with van der Waals surface area (Å²) in [6, 6.07) is -0.0309. The lowest BCUT2D eigenvalue weighted by Crippen LogP contribution is -2.27. The van der Waals surface area contributed by atoms with Crippen LogP contribution in [0.5, 0.6) is 0 Å². The van der Waals surface area contributed by atoms with Crippen molar-refractivity contribution in [2.45, 2.75) is 26.2 Å². The normalized spacial score (nSPS) is 13.9. The fourth-order valence-electron chi connectivity index (χ4n) is 2.17. The minimum Gasteiger partial charge on any atom is -0.469 e. The second-order valence-corrected chi connectivity index (χ2v) is 7.12. The maximum atomic E-state index is 12.1. The summed E-state index contributed by atoms with van der Waals surface area (Å²) < 4.78 is 4.73. The molecule has 0 atom stereocenters. The van der Waals surface area contributed by atoms with Crippen LogP contribution >= 0.6 is 11.8 Å². The maximum absolute atomic E-state index is 12.1. The van der Waals surface area contributed by atoms with E-state index in [1.54, 1.807) is 24.0 Å². The Hall–Kier alpha value is -2.32. The van der Waals surface area contributed by atoms with Gasteiger partial charge < -0.3 is 20.7 Å². The van der Waals surface area contributed by atoms with Crippen molar-refractivity contribution < 1.29 is 9.53 Å². The number of allylic oxidation sites excluding steroid dienone is 5. The molecule has 0 fully saturated rings. The Morgan fingerprint density at radius 3 is 2.62 bits per heavy atom. The van der Waals surface area contributed by atoms with Crippen LogP contribution < -0.4 is 11.1 Å². The third kappa shape index (κ3) is 13.5. The zero-order chi connectivity index (χ0) is 22.1. The third-order valence-electron chi connectivity index (χ3n) is 3.75. The lowest BCUT2D eigenvalue weighted by Gasteiger charge is -2.09. The molecule has 7 nitrogen and oxygen atoms in total. The number of aliphatic imine (C=N–C) groups is 2. The second-order valence-electron chi connectivity index (χ2n) is 6.24. The molecule has 0 rings (SSSR count). The van der Waals surface area contributed by atoms with Gasteiger partial charge in [0.2, 0.25) is 5.91 Å². The van der Waals surface area contributed by atoms with Crippen LogP contribution in [-0.4, -0.2) is 62.4 Å². The van der Waals surface area contributed by atoms with Crippen LogP contribution in [0, 0.1) is 0 Å². The quantitative estimate of drug-likeness (QED) is 0.287. The van der Waals surface area contributed by atoms with E-state index in [2.05, 4.69) is 40.9 Å². The molecule has 0 aliphatic rings. The average molecular weight is 422 g/mol. The number of nitrogens with one attached hydrogen (secondary N) is 1. The van der Waals surface area contributed by atoms with Gasteiger partial charge in [-0.1, -0.05) is 25.7 Å². The molecule has 0 aromatic heterocycles. The van der Waals surface area contributed by atoms with Crippen LogP contribution in [0.2, 0.25) is 0 Å². The molecular weight excluding hydrogens is 386 g/mol. The number of hydrogen-bond acceptors (Lipinski definition) is 6. The summed E-state index contributed by atoms with van der Waals surface area (Å²) in [5.41, 5.74) is 7.03. The van der Waals surface area contributed by atoms with Crippen molar-refractivity contribution in [2.24, 2.45) is 15.7 Å². The van der Waals surface area contributed by atoms with Gasteiger partial charge in [-0.25, -0.2) is 4.99 Å². The summed E-state index contributed by atoms with van der Waals surface area (Å²) >= 11 is 1.66. The van der Waals surface area contributed by atoms with Gasteiger partial charge in [0.05, 0.1) is 12.2 Å². The number of amides is 1. The van der Waals surface area contributed by atoms with Gasteiger partial charge in [-0.3, -0.25) is 9.79 Å². The van der Waals surface area contributed by atoms with E-state index in [1.165, 1.54) is 7.11 Å². The van der Waals surface area contributed by atoms with Crippen LogP contribution in [0.1, 0.15) is 26.2 Å². The van der Waals surface area contributed by atoms with E-state index in [1.807, 2.05) is 31.4 Å². The van der Waals surface area contributed by atoms with E-state index in [9.17, 15) is 4.79 Å². The van der Waals surface area contributed by atoms with Gasteiger partial charge in [0, 0.05) is 11.9 Å². The number of methoxy groups -OCH3 is 1. The fraction of sp³-hybridized carbons (Fsp3) is 0.476. The standard InChI is InChI=1S/C21H35N5O2S/c1-7-17(8-2)18(25-19(27)16-24-21(22)28-5)12-9-10-14-23-20(29-6)13-11-15-26(3)4/h7,9-10,12,14H,1,8,11,13,15-16H2,2-6H3,(H2,22,24)(H,25,27)/b12-9+,14-10+,18-17-,23-20?. The number of rotatable bonds is 12. The number of nitrogens with two attached hydrogens (primary N) is 1. The summed E-state index contributed by atoms with van der Waals surface area (Å²) in [5, 5.41) is 3.93. The topological polar surface area (TPSA) is 92.3 Å². The van der Waals surface area contributed by atoms with E-state index in [0.717, 1.165) is 36.4 Å². The third-order valence-corrected chi connectivity index (χ3v) is 4.53. The van der Waals surface area contributed by atoms with E-state index in [0.29, 0.717) is 5.70 Å². The lowest BCUT2D eigenvalue weighted by molar-refractivity contribution is -0.118. The number of thioether (sulfide) groups is 1. The molecule has 0 bridgehead atoms. The molecule has 29 heavy (non-hydrogen) atoms. The number of ether oxygens (including phenoxy) is 1. The number of nitrogens with zero attached hydrogens (tertiary/aromatic N) is 3. The predicted octanol–water partition coefficient (Wildman–Crippen LogP) is 3.09. The first-order valence-electron chi connectivity index (χ1n) is 9.45. The van der Waals surface area contributed by atoms with Crippen molar-refractivity contribution in [2.75, 3.05) is 40.6 Å². The van der Waals surface area contributed by atoms with Crippen molar-refractivity contribution in [3.8, 4) is 0 Å². The zero-order valence-corrected chi connectivity index (χ0v) is 19.1. The number of amidine groups is 1. The number of carbonyl (C=O) groups excluding carboxylic acids is 1. The number of carbonyl (C=O) groups is 1. The Balaban J connectivity index is 5.03. The van der Waals surface area contributed by atoms with Gasteiger partial charge in [0.15, 0.2) is 0 Å². The number of hydrogen-bond donors (Lipinski definition) is 2. The first-order chi connectivity index (χ1) is 13.9. The predicted molar refractivity (Wildman–Crippen MR) is 126 cm³/mol. The molecule has 0 aliphatic carbocycles. The molecule has 0 spiro atoms. The van der Waals surface area contributed by atoms with Crippen LogP contribution in [-0.2, 0) is 9.53 Å². The maximum Gasteiger partial charge on any atom is 0.282 e. The van der Waals surface area contributed by atoms with Crippen LogP contribution in [0.25, 0.3) is 0 Å². The Bertz CT molecular complexity index is 664. The van der Waals surface area contributed by atoms with Gasteiger partial charge in [0.1, 0.15) is 6.54 Å². The molecule has 0 aliphatic heterocycles. The minimum absolute atomic E-state index is 0.0309. The first kappa shape index (κ1) is 26.7. The van der Waals surface area contributed by atoms with Gasteiger partial charge in [-0.15, -0.1) is 11.8 Å². The minimum atomic E-state index is -0.287. The highest BCUT2D eigenvalue weighted by Gasteiger charge is 2.05. The van der Waals surface area contributed by atoms with Gasteiger partial charge in [-0.2, -0.15) is 0 Å². The molecule has 0 saturated heterocycles. The smallest absolute Gasteiger partial charge is 0.282 e. The van der Waals surface area contributed by atoms with Crippen molar-refractivity contribution in [1.29, 1.82) is 0 Å². The Morgan fingerprint density at radius 1 is 1.34 bits per heavy atom. The molecule has 0 aromatic carbocycles. The highest BCUT2D eigenvalue weighted by molar-refractivity contribution is 8.13. The van der Waals surface area contributed by atoms with Crippen LogP contribution in [0.4, 0.5) is 0 Å². The molecule has 162 valence electrons. The molecule has 0 aromatic rings. The zero-order valence-electron chi connectivity index (χ0n) is 18.3. The molecule has 0 radical (unpaired) electrons. The van der Waals surface area contributed by atoms with E-state index in [4.69, 9.17) is 10.5 Å². The Labute approximate surface area is 179 Å². The Morgan fingerprint density at radius 2 is 2.07 bits per heavy atom. The lowest BCUT2D eigenvalue weighted by atomic mass is 10.1. The summed E-state index contributed by atoms with van der Waals surface area (Å²) in [4.78, 5) is 22.6. The molecule has 3 N–H and O–H groups in total. The molecule has 0 heterocycles. The fourth-order valence-corrected chi connectivity index (χ4v) is 2.69. The van der Waals surface area contributed by atoms with E-state index in [-0.39, 0.29) is 18.5 Å². The van der Waals surface area contributed by atoms with Gasteiger partial charge in [-0.05, 0) is 63.9 Å². The van der Waals surface area contributed by atoms with Crippen molar-refractivity contribution in [1.82, 2.24) is 10.2 Å². The van der Waals surface area contributed by atoms with Gasteiger partial charge >= 0.3 is 0 Å². The molecule has 1 amide bonds. The largest absolute Gasteiger partial charge is 0.469 e. The summed E-state index contributed by atoms with van der Waals surface area (Å²) in [6.07, 6.45) is 13.8. The van der Waals surface area contributed by atoms with Crippen LogP contribution in [0.15, 0.2) is 58.3 Å². The molecule has 8 heteroatoms. The molecule has 0 unspecified atom stereocenters. The molecule has 0 saturated carbocycles. The Kier molecular flexibility index (Phi) is 15.3. The van der Waals surface area contributed by atoms with E-state index >= 15 is 0 Å². The SMILES string of the molecule is C=C\C(CC)=C(/C=C/C=C/N=C(CCCN(C)C)SC)NC(=O)CN=C(N)OC. The highest BCUT2D eigenvalue weighted by Crippen LogP contribution is 2.10. The van der Waals surface area contributed by atoms with Gasteiger partial charge in [0.25, 0.3) is 6.02 Å². The first-order valence-corrected chi connectivity index (χ1v) is 10.7. The van der Waals surface area contributed by atoms with Crippen molar-refractivity contribution in [3.63, 3.8) is 0 Å². The highest BCUT2D eigenvalue weighted by atomic mass is 32.2. The van der Waals surface area contributed by atoms with Crippen molar-refractivity contribution >= 4 is 28.7 Å². The summed E-state index contributed by atoms with van der Waals surface area (Å²) in [7, 11) is 5.53. The van der Waals surface area contributed by atoms with E-state index < -0.39 is 0 Å². The second kappa shape index (κ2) is 16.6. The van der Waals surface area contributed by atoms with Crippen LogP contribution in [0.3, 0.4) is 0 Å². The molecular formula is C21H35N5O2S. The summed E-state index contributed by atoms with van der Waals surface area (Å²) in [5.74, 6) is -0.287.